The summed E-state index contributed by atoms with van der Waals surface area (Å²) >= 11 is 1.72. The van der Waals surface area contributed by atoms with E-state index in [9.17, 15) is 4.79 Å². The number of hydrogen-bond donors (Lipinski definition) is 0. The van der Waals surface area contributed by atoms with E-state index in [1.54, 1.807) is 17.5 Å². The average molecular weight is 423 g/mol. The highest BCUT2D eigenvalue weighted by Crippen LogP contribution is 2.35. The predicted octanol–water partition coefficient (Wildman–Crippen LogP) is 4.72. The highest BCUT2D eigenvalue weighted by molar-refractivity contribution is 7.15. The Morgan fingerprint density at radius 2 is 2.03 bits per heavy atom. The zero-order chi connectivity index (χ0) is 20.7. The molecule has 0 aromatic carbocycles. The van der Waals surface area contributed by atoms with Crippen LogP contribution in [0.15, 0.2) is 30.6 Å². The number of amides is 1. The maximum Gasteiger partial charge on any atom is 0.260 e. The Morgan fingerprint density at radius 3 is 2.80 bits per heavy atom. The number of thiophene rings is 1. The van der Waals surface area contributed by atoms with Gasteiger partial charge in [0.1, 0.15) is 11.7 Å². The fourth-order valence-corrected chi connectivity index (χ4v) is 5.56. The molecule has 5 rings (SSSR count). The molecule has 0 radical (unpaired) electrons. The fourth-order valence-electron chi connectivity index (χ4n) is 4.47. The van der Waals surface area contributed by atoms with Crippen molar-refractivity contribution in [2.24, 2.45) is 7.05 Å². The zero-order valence-corrected chi connectivity index (χ0v) is 18.2. The van der Waals surface area contributed by atoms with E-state index in [1.807, 2.05) is 35.8 Å². The number of pyridine rings is 1. The molecule has 1 fully saturated rings. The second kappa shape index (κ2) is 7.87. The van der Waals surface area contributed by atoms with E-state index >= 15 is 0 Å². The van der Waals surface area contributed by atoms with Crippen molar-refractivity contribution in [2.45, 2.75) is 58.2 Å². The number of aromatic nitrogens is 3. The summed E-state index contributed by atoms with van der Waals surface area (Å²) < 4.78 is 8.02. The molecule has 0 N–H and O–H groups in total. The normalized spacial score (nSPS) is 16.9. The molecule has 0 atom stereocenters. The number of rotatable bonds is 5. The van der Waals surface area contributed by atoms with Crippen molar-refractivity contribution in [3.8, 4) is 16.3 Å². The van der Waals surface area contributed by atoms with Crippen LogP contribution in [-0.2, 0) is 20.1 Å². The van der Waals surface area contributed by atoms with Crippen LogP contribution in [0.2, 0.25) is 0 Å². The summed E-state index contributed by atoms with van der Waals surface area (Å²) in [6, 6.07) is 6.18. The van der Waals surface area contributed by atoms with E-state index in [-0.39, 0.29) is 12.0 Å². The zero-order valence-electron chi connectivity index (χ0n) is 17.4. The smallest absolute Gasteiger partial charge is 0.260 e. The number of carbonyl (C=O) groups is 1. The molecule has 7 heteroatoms. The molecule has 1 aliphatic heterocycles. The van der Waals surface area contributed by atoms with Crippen LogP contribution in [0.4, 0.5) is 0 Å². The lowest BCUT2D eigenvalue weighted by Crippen LogP contribution is -2.24. The molecule has 1 saturated carbocycles. The molecule has 0 saturated heterocycles. The summed E-state index contributed by atoms with van der Waals surface area (Å²) in [5.41, 5.74) is 3.84. The summed E-state index contributed by atoms with van der Waals surface area (Å²) in [4.78, 5) is 21.9. The van der Waals surface area contributed by atoms with Crippen molar-refractivity contribution in [1.82, 2.24) is 19.7 Å². The highest BCUT2D eigenvalue weighted by atomic mass is 32.1. The van der Waals surface area contributed by atoms with E-state index < -0.39 is 0 Å². The molecular formula is C23H26N4O2S. The van der Waals surface area contributed by atoms with Crippen molar-refractivity contribution >= 4 is 17.2 Å². The van der Waals surface area contributed by atoms with Crippen molar-refractivity contribution < 1.29 is 9.53 Å². The summed E-state index contributed by atoms with van der Waals surface area (Å²) in [5, 5.41) is 4.43. The van der Waals surface area contributed by atoms with E-state index in [4.69, 9.17) is 4.74 Å². The highest BCUT2D eigenvalue weighted by Gasteiger charge is 2.33. The van der Waals surface area contributed by atoms with E-state index in [0.29, 0.717) is 24.5 Å². The Bertz CT molecular complexity index is 1080. The third-order valence-electron chi connectivity index (χ3n) is 5.98. The molecule has 6 nitrogen and oxygen atoms in total. The first-order chi connectivity index (χ1) is 14.6. The van der Waals surface area contributed by atoms with Crippen molar-refractivity contribution in [3.63, 3.8) is 0 Å². The molecule has 2 aliphatic rings. The lowest BCUT2D eigenvalue weighted by Gasteiger charge is -2.23. The minimum Gasteiger partial charge on any atom is -0.474 e. The number of ether oxygens (including phenoxy) is 1. The first-order valence-corrected chi connectivity index (χ1v) is 11.4. The first-order valence-electron chi connectivity index (χ1n) is 10.6. The van der Waals surface area contributed by atoms with Crippen LogP contribution >= 0.6 is 11.3 Å². The van der Waals surface area contributed by atoms with Gasteiger partial charge in [0.2, 0.25) is 5.88 Å². The van der Waals surface area contributed by atoms with Gasteiger partial charge in [-0.25, -0.2) is 4.98 Å². The van der Waals surface area contributed by atoms with Crippen LogP contribution in [-0.4, -0.2) is 31.7 Å². The lowest BCUT2D eigenvalue weighted by molar-refractivity contribution is 0.0759. The van der Waals surface area contributed by atoms with Gasteiger partial charge in [-0.2, -0.15) is 5.10 Å². The van der Waals surface area contributed by atoms with Gasteiger partial charge in [0.15, 0.2) is 0 Å². The molecule has 0 unspecified atom stereocenters. The largest absolute Gasteiger partial charge is 0.474 e. The van der Waals surface area contributed by atoms with Crippen LogP contribution in [0.1, 0.15) is 58.6 Å². The molecule has 30 heavy (non-hydrogen) atoms. The van der Waals surface area contributed by atoms with Gasteiger partial charge in [0, 0.05) is 41.3 Å². The number of hydrogen-bond acceptors (Lipinski definition) is 5. The fraction of sp³-hybridized carbons (Fsp3) is 0.435. The third-order valence-corrected chi connectivity index (χ3v) is 7.09. The van der Waals surface area contributed by atoms with Crippen LogP contribution in [0.5, 0.6) is 5.88 Å². The standard InChI is InChI=1S/C23H26N4O2S/c1-15-19(14-26(2)25-15)20-9-8-18(30-20)13-27-12-16-10-11-24-22(21(16)23(27)28)29-17-6-4-3-5-7-17/h8-11,14,17H,3-7,12-13H2,1-2H3. The van der Waals surface area contributed by atoms with E-state index in [0.717, 1.165) is 34.5 Å². The Hall–Kier alpha value is -2.67. The maximum absolute atomic E-state index is 13.2. The molecule has 1 amide bonds. The molecule has 4 heterocycles. The summed E-state index contributed by atoms with van der Waals surface area (Å²) in [6.07, 6.45) is 9.75. The predicted molar refractivity (Wildman–Crippen MR) is 117 cm³/mol. The Kier molecular flexibility index (Phi) is 5.06. The second-order valence-electron chi connectivity index (χ2n) is 8.26. The first kappa shape index (κ1) is 19.3. The Labute approximate surface area is 180 Å². The molecule has 0 bridgehead atoms. The van der Waals surface area contributed by atoms with Gasteiger partial charge in [0.05, 0.1) is 12.2 Å². The minimum absolute atomic E-state index is 0.0245. The Morgan fingerprint density at radius 1 is 1.20 bits per heavy atom. The summed E-state index contributed by atoms with van der Waals surface area (Å²) in [6.45, 7) is 3.23. The number of fused-ring (bicyclic) bond motifs is 1. The molecule has 3 aromatic heterocycles. The van der Waals surface area contributed by atoms with Crippen molar-refractivity contribution in [3.05, 3.63) is 52.3 Å². The molecule has 0 spiro atoms. The van der Waals surface area contributed by atoms with Gasteiger partial charge < -0.3 is 9.64 Å². The van der Waals surface area contributed by atoms with Gasteiger partial charge in [-0.3, -0.25) is 9.48 Å². The van der Waals surface area contributed by atoms with E-state index in [2.05, 4.69) is 22.2 Å². The van der Waals surface area contributed by atoms with Crippen LogP contribution in [0, 0.1) is 6.92 Å². The van der Waals surface area contributed by atoms with Crippen molar-refractivity contribution in [1.29, 1.82) is 0 Å². The molecule has 156 valence electrons. The average Bonchev–Trinajstić information content (AvgIpc) is 3.41. The Balaban J connectivity index is 1.33. The van der Waals surface area contributed by atoms with Crippen LogP contribution in [0.3, 0.4) is 0 Å². The van der Waals surface area contributed by atoms with Gasteiger partial charge in [-0.1, -0.05) is 6.42 Å². The number of aryl methyl sites for hydroxylation is 2. The molecule has 1 aliphatic carbocycles. The monoisotopic (exact) mass is 422 g/mol. The van der Waals surface area contributed by atoms with Crippen LogP contribution < -0.4 is 4.74 Å². The molecular weight excluding hydrogens is 396 g/mol. The van der Waals surface area contributed by atoms with Crippen LogP contribution in [0.25, 0.3) is 10.4 Å². The SMILES string of the molecule is Cc1nn(C)cc1-c1ccc(CN2Cc3ccnc(OC4CCCCC4)c3C2=O)s1. The van der Waals surface area contributed by atoms with Gasteiger partial charge in [-0.05, 0) is 56.4 Å². The topological polar surface area (TPSA) is 60.3 Å². The van der Waals surface area contributed by atoms with Gasteiger partial charge >= 0.3 is 0 Å². The number of nitrogens with zero attached hydrogens (tertiary/aromatic N) is 4. The minimum atomic E-state index is 0.0245. The quantitative estimate of drug-likeness (QED) is 0.597. The summed E-state index contributed by atoms with van der Waals surface area (Å²) in [5.74, 6) is 0.543. The second-order valence-corrected chi connectivity index (χ2v) is 9.43. The molecule has 3 aromatic rings. The maximum atomic E-state index is 13.2. The van der Waals surface area contributed by atoms with Crippen molar-refractivity contribution in [2.75, 3.05) is 0 Å². The van der Waals surface area contributed by atoms with E-state index in [1.165, 1.54) is 24.1 Å². The lowest BCUT2D eigenvalue weighted by atomic mass is 9.98. The third kappa shape index (κ3) is 3.62. The van der Waals surface area contributed by atoms with Gasteiger partial charge in [-0.15, -0.1) is 11.3 Å². The summed E-state index contributed by atoms with van der Waals surface area (Å²) in [7, 11) is 1.94. The number of carbonyl (C=O) groups excluding carboxylic acids is 1. The van der Waals surface area contributed by atoms with Gasteiger partial charge in [0.25, 0.3) is 5.91 Å².